The second kappa shape index (κ2) is 7.67. The highest BCUT2D eigenvalue weighted by Gasteiger charge is 2.13. The van der Waals surface area contributed by atoms with E-state index in [2.05, 4.69) is 10.1 Å². The summed E-state index contributed by atoms with van der Waals surface area (Å²) in [7, 11) is 0. The Labute approximate surface area is 94.0 Å². The quantitative estimate of drug-likeness (QED) is 0.609. The monoisotopic (exact) mass is 231 g/mol. The van der Waals surface area contributed by atoms with Crippen LogP contribution in [0, 0.1) is 5.92 Å². The second-order valence-electron chi connectivity index (χ2n) is 3.49. The van der Waals surface area contributed by atoms with Crippen molar-refractivity contribution in [3.05, 3.63) is 0 Å². The third kappa shape index (κ3) is 7.78. The molecule has 6 heteroatoms. The van der Waals surface area contributed by atoms with Crippen LogP contribution in [-0.2, 0) is 19.1 Å². The molecule has 16 heavy (non-hydrogen) atoms. The molecule has 92 valence electrons. The van der Waals surface area contributed by atoms with E-state index in [1.807, 2.05) is 0 Å². The van der Waals surface area contributed by atoms with Crippen LogP contribution in [0.4, 0.5) is 0 Å². The van der Waals surface area contributed by atoms with E-state index in [9.17, 15) is 14.4 Å². The van der Waals surface area contributed by atoms with Crippen molar-refractivity contribution in [3.63, 3.8) is 0 Å². The summed E-state index contributed by atoms with van der Waals surface area (Å²) in [4.78, 5) is 32.4. The number of ether oxygens (including phenoxy) is 1. The first-order valence-electron chi connectivity index (χ1n) is 5.09. The van der Waals surface area contributed by atoms with Gasteiger partial charge in [0, 0.05) is 12.8 Å². The first kappa shape index (κ1) is 14.4. The molecule has 0 heterocycles. The van der Waals surface area contributed by atoms with Crippen molar-refractivity contribution < 1.29 is 24.2 Å². The lowest BCUT2D eigenvalue weighted by Gasteiger charge is -2.08. The van der Waals surface area contributed by atoms with Gasteiger partial charge in [0.15, 0.2) is 0 Å². The Morgan fingerprint density at radius 1 is 1.31 bits per heavy atom. The number of amides is 1. The van der Waals surface area contributed by atoms with E-state index in [0.29, 0.717) is 0 Å². The minimum absolute atomic E-state index is 0.0627. The van der Waals surface area contributed by atoms with Crippen molar-refractivity contribution in [2.45, 2.75) is 26.7 Å². The van der Waals surface area contributed by atoms with Gasteiger partial charge in [-0.3, -0.25) is 14.4 Å². The Kier molecular flexibility index (Phi) is 6.91. The van der Waals surface area contributed by atoms with Gasteiger partial charge in [-0.1, -0.05) is 6.92 Å². The summed E-state index contributed by atoms with van der Waals surface area (Å²) < 4.78 is 4.61. The molecule has 0 fully saturated rings. The Bertz CT molecular complexity index is 264. The molecule has 0 aliphatic carbocycles. The normalized spacial score (nSPS) is 11.6. The van der Waals surface area contributed by atoms with Gasteiger partial charge in [-0.25, -0.2) is 0 Å². The fourth-order valence-electron chi connectivity index (χ4n) is 1.14. The molecule has 0 bridgehead atoms. The van der Waals surface area contributed by atoms with E-state index in [-0.39, 0.29) is 37.8 Å². The fourth-order valence-corrected chi connectivity index (χ4v) is 1.14. The van der Waals surface area contributed by atoms with Crippen LogP contribution in [0.25, 0.3) is 0 Å². The van der Waals surface area contributed by atoms with Crippen molar-refractivity contribution in [3.8, 4) is 0 Å². The first-order chi connectivity index (χ1) is 7.45. The van der Waals surface area contributed by atoms with Gasteiger partial charge in [-0.15, -0.1) is 0 Å². The highest BCUT2D eigenvalue weighted by Crippen LogP contribution is 2.06. The van der Waals surface area contributed by atoms with Gasteiger partial charge in [0.05, 0.1) is 6.61 Å². The van der Waals surface area contributed by atoms with E-state index < -0.39 is 11.9 Å². The number of nitrogens with one attached hydrogen (secondary N) is 1. The number of carbonyl (C=O) groups is 3. The molecule has 0 aromatic rings. The average molecular weight is 231 g/mol. The van der Waals surface area contributed by atoms with E-state index >= 15 is 0 Å². The number of carboxylic acid groups (broad SMARTS) is 1. The Morgan fingerprint density at radius 3 is 2.44 bits per heavy atom. The van der Waals surface area contributed by atoms with Crippen LogP contribution in [0.15, 0.2) is 0 Å². The highest BCUT2D eigenvalue weighted by atomic mass is 16.5. The molecular weight excluding hydrogens is 214 g/mol. The predicted molar refractivity (Wildman–Crippen MR) is 55.7 cm³/mol. The average Bonchev–Trinajstić information content (AvgIpc) is 2.13. The maximum Gasteiger partial charge on any atom is 0.325 e. The molecule has 0 aromatic heterocycles. The number of hydrogen-bond acceptors (Lipinski definition) is 4. The van der Waals surface area contributed by atoms with Gasteiger partial charge in [-0.05, 0) is 12.8 Å². The lowest BCUT2D eigenvalue weighted by atomic mass is 10.0. The van der Waals surface area contributed by atoms with Crippen molar-refractivity contribution in [2.24, 2.45) is 5.92 Å². The fraction of sp³-hybridized carbons (Fsp3) is 0.700. The summed E-state index contributed by atoms with van der Waals surface area (Å²) in [5.74, 6) is -2.03. The minimum atomic E-state index is -0.939. The smallest absolute Gasteiger partial charge is 0.325 e. The molecule has 0 spiro atoms. The molecule has 0 aliphatic heterocycles. The zero-order valence-corrected chi connectivity index (χ0v) is 9.49. The highest BCUT2D eigenvalue weighted by molar-refractivity contribution is 5.82. The third-order valence-corrected chi connectivity index (χ3v) is 1.79. The molecule has 0 rings (SSSR count). The van der Waals surface area contributed by atoms with Crippen molar-refractivity contribution >= 4 is 17.8 Å². The maximum absolute atomic E-state index is 11.2. The molecule has 2 N–H and O–H groups in total. The largest absolute Gasteiger partial charge is 0.481 e. The van der Waals surface area contributed by atoms with Crippen LogP contribution in [0.1, 0.15) is 26.7 Å². The zero-order chi connectivity index (χ0) is 12.6. The zero-order valence-electron chi connectivity index (χ0n) is 9.49. The first-order valence-corrected chi connectivity index (χ1v) is 5.09. The van der Waals surface area contributed by atoms with Gasteiger partial charge in [0.1, 0.15) is 6.54 Å². The molecule has 0 aromatic carbocycles. The van der Waals surface area contributed by atoms with Crippen molar-refractivity contribution in [1.29, 1.82) is 0 Å². The molecule has 0 radical (unpaired) electrons. The van der Waals surface area contributed by atoms with Crippen LogP contribution in [0.2, 0.25) is 0 Å². The molecule has 0 saturated carbocycles. The van der Waals surface area contributed by atoms with E-state index in [0.717, 1.165) is 0 Å². The van der Waals surface area contributed by atoms with E-state index in [1.54, 1.807) is 13.8 Å². The summed E-state index contributed by atoms with van der Waals surface area (Å²) >= 11 is 0. The standard InChI is InChI=1S/C10H17NO5/c1-3-16-10(15)6-11-8(12)4-7(2)5-9(13)14/h7H,3-6H2,1-2H3,(H,11,12)(H,13,14). The van der Waals surface area contributed by atoms with Crippen molar-refractivity contribution in [1.82, 2.24) is 5.32 Å². The van der Waals surface area contributed by atoms with E-state index in [1.165, 1.54) is 0 Å². The number of carboxylic acids is 1. The maximum atomic E-state index is 11.2. The van der Waals surface area contributed by atoms with Crippen LogP contribution < -0.4 is 5.32 Å². The number of esters is 1. The van der Waals surface area contributed by atoms with Gasteiger partial charge < -0.3 is 15.2 Å². The Morgan fingerprint density at radius 2 is 1.94 bits per heavy atom. The number of aliphatic carboxylic acids is 1. The molecule has 6 nitrogen and oxygen atoms in total. The lowest BCUT2D eigenvalue weighted by Crippen LogP contribution is -2.31. The van der Waals surface area contributed by atoms with Gasteiger partial charge in [0.25, 0.3) is 0 Å². The van der Waals surface area contributed by atoms with Gasteiger partial charge in [-0.2, -0.15) is 0 Å². The van der Waals surface area contributed by atoms with Crippen LogP contribution >= 0.6 is 0 Å². The van der Waals surface area contributed by atoms with Crippen LogP contribution in [0.5, 0.6) is 0 Å². The Balaban J connectivity index is 3.73. The third-order valence-electron chi connectivity index (χ3n) is 1.79. The Hall–Kier alpha value is -1.59. The van der Waals surface area contributed by atoms with Gasteiger partial charge >= 0.3 is 11.9 Å². The van der Waals surface area contributed by atoms with Crippen LogP contribution in [-0.4, -0.2) is 36.1 Å². The topological polar surface area (TPSA) is 92.7 Å². The predicted octanol–water partition coefficient (Wildman–Crippen LogP) is 0.167. The minimum Gasteiger partial charge on any atom is -0.481 e. The summed E-state index contributed by atoms with van der Waals surface area (Å²) in [6.45, 7) is 3.43. The molecule has 1 atom stereocenters. The molecular formula is C10H17NO5. The molecule has 1 unspecified atom stereocenters. The van der Waals surface area contributed by atoms with Crippen molar-refractivity contribution in [2.75, 3.05) is 13.2 Å². The second-order valence-corrected chi connectivity index (χ2v) is 3.49. The molecule has 0 aliphatic rings. The molecule has 0 saturated heterocycles. The van der Waals surface area contributed by atoms with Gasteiger partial charge in [0.2, 0.25) is 5.91 Å². The lowest BCUT2D eigenvalue weighted by molar-refractivity contribution is -0.144. The summed E-state index contributed by atoms with van der Waals surface area (Å²) in [5.41, 5.74) is 0. The summed E-state index contributed by atoms with van der Waals surface area (Å²) in [5, 5.41) is 10.8. The number of rotatable bonds is 7. The van der Waals surface area contributed by atoms with E-state index in [4.69, 9.17) is 5.11 Å². The summed E-state index contributed by atoms with van der Waals surface area (Å²) in [6, 6.07) is 0. The number of hydrogen-bond donors (Lipinski definition) is 2. The molecule has 1 amide bonds. The summed E-state index contributed by atoms with van der Waals surface area (Å²) in [6.07, 6.45) is 0.0263. The number of carbonyl (C=O) groups excluding carboxylic acids is 2. The SMILES string of the molecule is CCOC(=O)CNC(=O)CC(C)CC(=O)O. The van der Waals surface area contributed by atoms with Crippen LogP contribution in [0.3, 0.4) is 0 Å².